The van der Waals surface area contributed by atoms with E-state index >= 15 is 0 Å². The summed E-state index contributed by atoms with van der Waals surface area (Å²) in [7, 11) is 3.57. The lowest BCUT2D eigenvalue weighted by Gasteiger charge is -2.12. The molecule has 0 unspecified atom stereocenters. The number of guanidine groups is 1. The fourth-order valence-corrected chi connectivity index (χ4v) is 2.55. The highest BCUT2D eigenvalue weighted by atomic mass is 127. The number of hydrogen-bond acceptors (Lipinski definition) is 6. The Hall–Kier alpha value is -2.89. The zero-order valence-corrected chi connectivity index (χ0v) is 19.5. The normalized spacial score (nSPS) is 10.8. The lowest BCUT2D eigenvalue weighted by Crippen LogP contribution is -2.36. The molecular weight excluding hydrogens is 497 g/mol. The van der Waals surface area contributed by atoms with Crippen molar-refractivity contribution in [2.45, 2.75) is 20.0 Å². The largest absolute Gasteiger partial charge is 0.490 e. The molecule has 0 amide bonds. The number of nitrogens with zero attached hydrogens (tertiary/aromatic N) is 5. The van der Waals surface area contributed by atoms with Crippen LogP contribution in [-0.4, -0.2) is 39.4 Å². The van der Waals surface area contributed by atoms with Crippen molar-refractivity contribution in [2.24, 2.45) is 12.0 Å². The quantitative estimate of drug-likeness (QED) is 0.266. The number of aromatic nitrogens is 4. The minimum absolute atomic E-state index is 0. The number of benzene rings is 1. The Kier molecular flexibility index (Phi) is 9.32. The Morgan fingerprint density at radius 2 is 1.83 bits per heavy atom. The van der Waals surface area contributed by atoms with Gasteiger partial charge in [0.05, 0.1) is 13.2 Å². The average molecular weight is 523 g/mol. The van der Waals surface area contributed by atoms with Crippen molar-refractivity contribution >= 4 is 29.9 Å². The van der Waals surface area contributed by atoms with Crippen LogP contribution in [0.15, 0.2) is 53.9 Å². The highest BCUT2D eigenvalue weighted by Crippen LogP contribution is 2.30. The number of para-hydroxylation sites is 2. The number of nitrogens with one attached hydrogen (secondary N) is 2. The van der Waals surface area contributed by atoms with Gasteiger partial charge in [0.1, 0.15) is 12.2 Å². The third-order valence-corrected chi connectivity index (χ3v) is 4.06. The lowest BCUT2D eigenvalue weighted by molar-refractivity contribution is 0.319. The van der Waals surface area contributed by atoms with Crippen LogP contribution in [0.3, 0.4) is 0 Å². The van der Waals surface area contributed by atoms with Gasteiger partial charge >= 0.3 is 0 Å². The molecule has 0 aliphatic rings. The molecule has 10 heteroatoms. The first-order valence-corrected chi connectivity index (χ1v) is 9.31. The van der Waals surface area contributed by atoms with Gasteiger partial charge in [-0.05, 0) is 24.6 Å². The van der Waals surface area contributed by atoms with E-state index in [4.69, 9.17) is 9.47 Å². The zero-order valence-electron chi connectivity index (χ0n) is 17.2. The summed E-state index contributed by atoms with van der Waals surface area (Å²) in [5.41, 5.74) is 0.997. The van der Waals surface area contributed by atoms with E-state index in [9.17, 15) is 0 Å². The minimum atomic E-state index is 0. The first-order chi connectivity index (χ1) is 14.2. The summed E-state index contributed by atoms with van der Waals surface area (Å²) < 4.78 is 13.1. The average Bonchev–Trinajstić information content (AvgIpc) is 3.16. The van der Waals surface area contributed by atoms with Gasteiger partial charge in [-0.25, -0.2) is 9.97 Å². The van der Waals surface area contributed by atoms with Gasteiger partial charge in [-0.2, -0.15) is 5.10 Å². The SMILES string of the molecule is CCOc1ccccc1Oc1ccc(CNC(=NC)NCc2ncnn2C)cn1.I. The second kappa shape index (κ2) is 12.0. The van der Waals surface area contributed by atoms with Crippen molar-refractivity contribution in [1.82, 2.24) is 30.4 Å². The Bertz CT molecular complexity index is 944. The molecule has 0 spiro atoms. The van der Waals surface area contributed by atoms with Crippen molar-refractivity contribution in [1.29, 1.82) is 0 Å². The molecule has 0 saturated heterocycles. The van der Waals surface area contributed by atoms with E-state index in [0.29, 0.717) is 43.0 Å². The molecule has 2 heterocycles. The van der Waals surface area contributed by atoms with Crippen LogP contribution in [-0.2, 0) is 20.1 Å². The van der Waals surface area contributed by atoms with E-state index in [1.54, 1.807) is 17.9 Å². The van der Waals surface area contributed by atoms with Crippen molar-refractivity contribution in [3.05, 3.63) is 60.3 Å². The van der Waals surface area contributed by atoms with E-state index in [1.807, 2.05) is 50.4 Å². The molecule has 0 radical (unpaired) electrons. The molecule has 2 aromatic heterocycles. The summed E-state index contributed by atoms with van der Waals surface area (Å²) >= 11 is 0. The Labute approximate surface area is 193 Å². The van der Waals surface area contributed by atoms with Gasteiger partial charge in [0.25, 0.3) is 0 Å². The number of rotatable bonds is 8. The molecule has 0 bridgehead atoms. The van der Waals surface area contributed by atoms with Gasteiger partial charge in [0.2, 0.25) is 5.88 Å². The number of pyridine rings is 1. The standard InChI is InChI=1S/C20H25N7O2.HI/c1-4-28-16-7-5-6-8-17(16)29-19-10-9-15(11-22-19)12-23-20(21-2)24-13-18-25-14-26-27(18)3;/h5-11,14H,4,12-13H2,1-3H3,(H2,21,23,24);1H. The van der Waals surface area contributed by atoms with Crippen LogP contribution in [0, 0.1) is 0 Å². The van der Waals surface area contributed by atoms with Crippen LogP contribution in [0.4, 0.5) is 0 Å². The maximum Gasteiger partial charge on any atom is 0.219 e. The molecule has 0 saturated carbocycles. The summed E-state index contributed by atoms with van der Waals surface area (Å²) in [4.78, 5) is 12.8. The van der Waals surface area contributed by atoms with Gasteiger partial charge in [-0.3, -0.25) is 9.67 Å². The first-order valence-electron chi connectivity index (χ1n) is 9.31. The summed E-state index contributed by atoms with van der Waals surface area (Å²) in [6, 6.07) is 11.3. The van der Waals surface area contributed by atoms with E-state index in [2.05, 4.69) is 30.7 Å². The van der Waals surface area contributed by atoms with Crippen molar-refractivity contribution in [3.8, 4) is 17.4 Å². The predicted molar refractivity (Wildman–Crippen MR) is 125 cm³/mol. The molecule has 1 aromatic carbocycles. The molecule has 0 atom stereocenters. The Morgan fingerprint density at radius 1 is 1.07 bits per heavy atom. The van der Waals surface area contributed by atoms with Crippen LogP contribution >= 0.6 is 24.0 Å². The summed E-state index contributed by atoms with van der Waals surface area (Å²) in [5, 5.41) is 10.5. The topological polar surface area (TPSA) is 98.5 Å². The molecule has 2 N–H and O–H groups in total. The maximum absolute atomic E-state index is 5.85. The van der Waals surface area contributed by atoms with E-state index in [1.165, 1.54) is 6.33 Å². The van der Waals surface area contributed by atoms with E-state index in [0.717, 1.165) is 11.4 Å². The van der Waals surface area contributed by atoms with Crippen molar-refractivity contribution < 1.29 is 9.47 Å². The fraction of sp³-hybridized carbons (Fsp3) is 0.300. The van der Waals surface area contributed by atoms with E-state index < -0.39 is 0 Å². The van der Waals surface area contributed by atoms with Crippen LogP contribution in [0.5, 0.6) is 17.4 Å². The van der Waals surface area contributed by atoms with Crippen LogP contribution in [0.2, 0.25) is 0 Å². The summed E-state index contributed by atoms with van der Waals surface area (Å²) in [5.74, 6) is 3.33. The van der Waals surface area contributed by atoms with Crippen LogP contribution in [0.25, 0.3) is 0 Å². The third kappa shape index (κ3) is 6.58. The van der Waals surface area contributed by atoms with E-state index in [-0.39, 0.29) is 24.0 Å². The molecule has 3 rings (SSSR count). The lowest BCUT2D eigenvalue weighted by atomic mass is 10.3. The van der Waals surface area contributed by atoms with Crippen LogP contribution in [0.1, 0.15) is 18.3 Å². The third-order valence-electron chi connectivity index (χ3n) is 4.06. The maximum atomic E-state index is 5.85. The Balaban J connectivity index is 0.00000320. The monoisotopic (exact) mass is 523 g/mol. The van der Waals surface area contributed by atoms with Gasteiger partial charge in [0.15, 0.2) is 17.5 Å². The molecule has 30 heavy (non-hydrogen) atoms. The molecular formula is C20H26IN7O2. The smallest absolute Gasteiger partial charge is 0.219 e. The molecule has 0 fully saturated rings. The number of hydrogen-bond donors (Lipinski definition) is 2. The van der Waals surface area contributed by atoms with Crippen molar-refractivity contribution in [2.75, 3.05) is 13.7 Å². The zero-order chi connectivity index (χ0) is 20.5. The second-order valence-electron chi connectivity index (χ2n) is 6.07. The fourth-order valence-electron chi connectivity index (χ4n) is 2.55. The highest BCUT2D eigenvalue weighted by molar-refractivity contribution is 14.0. The number of ether oxygens (including phenoxy) is 2. The first kappa shape index (κ1) is 23.4. The molecule has 9 nitrogen and oxygen atoms in total. The number of aryl methyl sites for hydroxylation is 1. The molecule has 0 aliphatic carbocycles. The predicted octanol–water partition coefficient (Wildman–Crippen LogP) is 2.88. The molecule has 3 aromatic rings. The van der Waals surface area contributed by atoms with Gasteiger partial charge in [-0.15, -0.1) is 24.0 Å². The van der Waals surface area contributed by atoms with Gasteiger partial charge in [-0.1, -0.05) is 18.2 Å². The summed E-state index contributed by atoms with van der Waals surface area (Å²) in [6.07, 6.45) is 3.29. The Morgan fingerprint density at radius 3 is 2.47 bits per heavy atom. The number of halogens is 1. The van der Waals surface area contributed by atoms with Crippen molar-refractivity contribution in [3.63, 3.8) is 0 Å². The van der Waals surface area contributed by atoms with Crippen LogP contribution < -0.4 is 20.1 Å². The van der Waals surface area contributed by atoms with Gasteiger partial charge in [0, 0.05) is 32.9 Å². The highest BCUT2D eigenvalue weighted by Gasteiger charge is 2.07. The second-order valence-corrected chi connectivity index (χ2v) is 6.07. The molecule has 160 valence electrons. The molecule has 0 aliphatic heterocycles. The number of aliphatic imine (C=N–C) groups is 1. The minimum Gasteiger partial charge on any atom is -0.490 e. The van der Waals surface area contributed by atoms with Gasteiger partial charge < -0.3 is 20.1 Å². The summed E-state index contributed by atoms with van der Waals surface area (Å²) in [6.45, 7) is 3.61.